The lowest BCUT2D eigenvalue weighted by Crippen LogP contribution is -3.00. The normalized spacial score (nSPS) is 15.0. The molecule has 0 bridgehead atoms. The molecular formula is C28H28Cl5N5O4. The highest BCUT2D eigenvalue weighted by Crippen LogP contribution is 2.29. The summed E-state index contributed by atoms with van der Waals surface area (Å²) in [7, 11) is 0. The van der Waals surface area contributed by atoms with Crippen molar-refractivity contribution in [2.75, 3.05) is 26.2 Å². The number of carbonyl (C=O) groups is 4. The average molecular weight is 676 g/mol. The Bertz CT molecular complexity index is 1190. The van der Waals surface area contributed by atoms with E-state index in [0.717, 1.165) is 0 Å². The van der Waals surface area contributed by atoms with Crippen LogP contribution in [-0.4, -0.2) is 53.8 Å². The molecule has 0 atom stereocenters. The van der Waals surface area contributed by atoms with Crippen molar-refractivity contribution in [1.29, 1.82) is 21.0 Å². The quantitative estimate of drug-likeness (QED) is 0.280. The van der Waals surface area contributed by atoms with Crippen LogP contribution in [-0.2, 0) is 19.2 Å². The zero-order chi connectivity index (χ0) is 31.9. The fourth-order valence-electron chi connectivity index (χ4n) is 4.29. The molecule has 0 aromatic rings. The van der Waals surface area contributed by atoms with E-state index in [1.54, 1.807) is 0 Å². The second-order valence-electron chi connectivity index (χ2n) is 8.76. The summed E-state index contributed by atoms with van der Waals surface area (Å²) in [6.07, 6.45) is 5.33. The van der Waals surface area contributed by atoms with Crippen LogP contribution in [0.3, 0.4) is 0 Å². The van der Waals surface area contributed by atoms with Gasteiger partial charge in [0.1, 0.15) is 66.7 Å². The van der Waals surface area contributed by atoms with Crippen molar-refractivity contribution in [3.05, 3.63) is 42.4 Å². The third kappa shape index (κ3) is 10.1. The van der Waals surface area contributed by atoms with Gasteiger partial charge >= 0.3 is 0 Å². The molecule has 0 aliphatic heterocycles. The van der Waals surface area contributed by atoms with Gasteiger partial charge < -0.3 is 16.9 Å². The van der Waals surface area contributed by atoms with Gasteiger partial charge in [-0.3, -0.25) is 19.2 Å². The highest BCUT2D eigenvalue weighted by molar-refractivity contribution is 6.60. The van der Waals surface area contributed by atoms with E-state index in [1.165, 1.54) is 80.6 Å². The lowest BCUT2D eigenvalue weighted by Gasteiger charge is -2.38. The van der Waals surface area contributed by atoms with Crippen LogP contribution in [0.2, 0.25) is 0 Å². The van der Waals surface area contributed by atoms with Crippen LogP contribution in [0.25, 0.3) is 0 Å². The molecule has 0 aromatic heterocycles. The fourth-order valence-corrected chi connectivity index (χ4v) is 5.01. The number of ketones is 4. The van der Waals surface area contributed by atoms with Crippen molar-refractivity contribution in [3.63, 3.8) is 0 Å². The van der Waals surface area contributed by atoms with Crippen LogP contribution in [0.4, 0.5) is 0 Å². The molecule has 2 aliphatic rings. The smallest absolute Gasteiger partial charge is 0.218 e. The summed E-state index contributed by atoms with van der Waals surface area (Å²) < 4.78 is 1.38. The molecule has 0 heterocycles. The minimum atomic E-state index is -0.893. The van der Waals surface area contributed by atoms with Gasteiger partial charge in [0, 0.05) is 0 Å². The maximum Gasteiger partial charge on any atom is 0.218 e. The molecule has 0 fully saturated rings. The van der Waals surface area contributed by atoms with Gasteiger partial charge in [-0.05, 0) is 25.7 Å². The number of halogens is 5. The van der Waals surface area contributed by atoms with E-state index in [4.69, 9.17) is 67.5 Å². The van der Waals surface area contributed by atoms with Gasteiger partial charge in [-0.2, -0.15) is 21.0 Å². The summed E-state index contributed by atoms with van der Waals surface area (Å²) in [4.78, 5) is 44.9. The molecule has 2 aliphatic carbocycles. The Hall–Kier alpha value is -2.99. The highest BCUT2D eigenvalue weighted by Gasteiger charge is 2.34. The Morgan fingerprint density at radius 2 is 0.643 bits per heavy atom. The van der Waals surface area contributed by atoms with Crippen LogP contribution in [0.1, 0.15) is 53.4 Å². The molecule has 9 nitrogen and oxygen atoms in total. The molecule has 2 rings (SSSR count). The minimum Gasteiger partial charge on any atom is -1.00 e. The molecule has 0 N–H and O–H groups in total. The summed E-state index contributed by atoms with van der Waals surface area (Å²) in [6.45, 7) is 14.8. The molecule has 0 saturated carbocycles. The van der Waals surface area contributed by atoms with Crippen LogP contribution < -0.4 is 12.4 Å². The number of hydrogen-bond acceptors (Lipinski definition) is 8. The summed E-state index contributed by atoms with van der Waals surface area (Å²) in [5.74, 6) is -3.57. The SMILES string of the molecule is CCC[N+](CCC)(CCC)CCC.N#CC1=C(C#N)C(=O)C(Cl)=C(Cl)C1=O.N#CC1=C(C#N)C(=O)C(Cl)=C(Cl)C1=O.[Cl-]. The second-order valence-corrected chi connectivity index (χ2v) is 10.3. The summed E-state index contributed by atoms with van der Waals surface area (Å²) in [5, 5.41) is 32.0. The van der Waals surface area contributed by atoms with Crippen LogP contribution in [0.15, 0.2) is 42.4 Å². The monoisotopic (exact) mass is 673 g/mol. The van der Waals surface area contributed by atoms with E-state index in [2.05, 4.69) is 27.7 Å². The Morgan fingerprint density at radius 3 is 0.762 bits per heavy atom. The van der Waals surface area contributed by atoms with Crippen LogP contribution in [0.5, 0.6) is 0 Å². The van der Waals surface area contributed by atoms with E-state index < -0.39 is 65.6 Å². The first-order chi connectivity index (χ1) is 19.3. The molecule has 0 aromatic carbocycles. The zero-order valence-corrected chi connectivity index (χ0v) is 27.2. The zero-order valence-electron chi connectivity index (χ0n) is 23.4. The highest BCUT2D eigenvalue weighted by atomic mass is 35.5. The van der Waals surface area contributed by atoms with Crippen LogP contribution in [0, 0.1) is 45.3 Å². The molecular weight excluding hydrogens is 648 g/mol. The predicted molar refractivity (Wildman–Crippen MR) is 155 cm³/mol. The van der Waals surface area contributed by atoms with Crippen molar-refractivity contribution in [3.8, 4) is 24.3 Å². The number of hydrogen-bond donors (Lipinski definition) is 0. The van der Waals surface area contributed by atoms with Gasteiger partial charge in [0.25, 0.3) is 0 Å². The minimum absolute atomic E-state index is 0. The molecule has 0 unspecified atom stereocenters. The molecule has 14 heteroatoms. The van der Waals surface area contributed by atoms with Crippen LogP contribution >= 0.6 is 46.4 Å². The molecule has 224 valence electrons. The van der Waals surface area contributed by atoms with E-state index in [0.29, 0.717) is 0 Å². The van der Waals surface area contributed by atoms with Gasteiger partial charge in [-0.25, -0.2) is 0 Å². The van der Waals surface area contributed by atoms with Crippen molar-refractivity contribution in [2.24, 2.45) is 0 Å². The summed E-state index contributed by atoms with van der Waals surface area (Å²) in [5.41, 5.74) is -2.25. The van der Waals surface area contributed by atoms with E-state index in [1.807, 2.05) is 0 Å². The maximum absolute atomic E-state index is 11.2. The lowest BCUT2D eigenvalue weighted by atomic mass is 9.96. The molecule has 0 radical (unpaired) electrons. The Kier molecular flexibility index (Phi) is 19.6. The predicted octanol–water partition coefficient (Wildman–Crippen LogP) is 2.79. The fraction of sp³-hybridized carbons (Fsp3) is 0.429. The first-order valence-corrected chi connectivity index (χ1v) is 14.1. The number of nitriles is 4. The second kappa shape index (κ2) is 20.0. The number of carbonyl (C=O) groups excluding carboxylic acids is 4. The van der Waals surface area contributed by atoms with E-state index in [9.17, 15) is 19.2 Å². The Labute approximate surface area is 271 Å². The number of quaternary nitrogens is 1. The van der Waals surface area contributed by atoms with Gasteiger partial charge in [0.15, 0.2) is 0 Å². The van der Waals surface area contributed by atoms with Gasteiger partial charge in [0.05, 0.1) is 26.2 Å². The van der Waals surface area contributed by atoms with Gasteiger partial charge in [-0.15, -0.1) is 0 Å². The maximum atomic E-state index is 11.2. The molecule has 42 heavy (non-hydrogen) atoms. The van der Waals surface area contributed by atoms with E-state index >= 15 is 0 Å². The average Bonchev–Trinajstić information content (AvgIpc) is 2.95. The number of nitrogens with zero attached hydrogens (tertiary/aromatic N) is 5. The first kappa shape index (κ1) is 41.1. The third-order valence-corrected chi connectivity index (χ3v) is 7.47. The van der Waals surface area contributed by atoms with Crippen molar-refractivity contribution >= 4 is 69.5 Å². The largest absolute Gasteiger partial charge is 1.00 e. The topological polar surface area (TPSA) is 163 Å². The molecule has 0 amide bonds. The number of allylic oxidation sites excluding steroid dienone is 8. The van der Waals surface area contributed by atoms with Crippen molar-refractivity contribution in [2.45, 2.75) is 53.4 Å². The standard InChI is InChI=1S/C12H28N.2C8Cl2N2O2.ClH/c1-5-9-13(10-6-2,11-7-3)12-8-4;2*9-5-6(10)8(14)4(2-12)3(1-11)7(5)13;/h5-12H2,1-4H3;;;1H/q+1;;;/p-1. The number of rotatable bonds is 8. The Morgan fingerprint density at radius 1 is 0.476 bits per heavy atom. The number of Topliss-reactive ketones (excluding diaryl/α,β-unsaturated/α-hetero) is 4. The summed E-state index contributed by atoms with van der Waals surface area (Å²) in [6, 6.07) is 5.78. The molecule has 0 saturated heterocycles. The first-order valence-electron chi connectivity index (χ1n) is 12.6. The molecule has 0 spiro atoms. The van der Waals surface area contributed by atoms with Gasteiger partial charge in [0.2, 0.25) is 23.1 Å². The summed E-state index contributed by atoms with van der Waals surface area (Å²) >= 11 is 21.6. The van der Waals surface area contributed by atoms with Crippen molar-refractivity contribution in [1.82, 2.24) is 0 Å². The van der Waals surface area contributed by atoms with Gasteiger partial charge in [-0.1, -0.05) is 74.1 Å². The van der Waals surface area contributed by atoms with E-state index in [-0.39, 0.29) is 12.4 Å². The van der Waals surface area contributed by atoms with Crippen molar-refractivity contribution < 1.29 is 36.1 Å². The third-order valence-electron chi connectivity index (χ3n) is 5.83. The Balaban J connectivity index is 0. The lowest BCUT2D eigenvalue weighted by molar-refractivity contribution is -0.928.